The van der Waals surface area contributed by atoms with Gasteiger partial charge in [-0.15, -0.1) is 0 Å². The summed E-state index contributed by atoms with van der Waals surface area (Å²) in [6.45, 7) is 10.0. The molecule has 198 valence electrons. The van der Waals surface area contributed by atoms with Crippen molar-refractivity contribution < 1.29 is 35.7 Å². The van der Waals surface area contributed by atoms with Crippen LogP contribution in [-0.4, -0.2) is 78.0 Å². The normalized spacial score (nSPS) is 53.6. The van der Waals surface area contributed by atoms with Gasteiger partial charge < -0.3 is 35.7 Å². The van der Waals surface area contributed by atoms with E-state index in [1.807, 2.05) is 20.8 Å². The molecular formula is C27H48O7. The molecule has 0 radical (unpaired) electrons. The van der Waals surface area contributed by atoms with Gasteiger partial charge in [-0.2, -0.15) is 0 Å². The molecule has 4 saturated carbocycles. The number of rotatable bonds is 5. The molecule has 3 unspecified atom stereocenters. The predicted molar refractivity (Wildman–Crippen MR) is 127 cm³/mol. The first-order chi connectivity index (χ1) is 15.7. The van der Waals surface area contributed by atoms with E-state index in [9.17, 15) is 35.7 Å². The molecular weight excluding hydrogens is 436 g/mol. The first kappa shape index (κ1) is 26.8. The molecule has 0 heterocycles. The van der Waals surface area contributed by atoms with Gasteiger partial charge >= 0.3 is 0 Å². The molecule has 0 aliphatic heterocycles. The van der Waals surface area contributed by atoms with Crippen LogP contribution in [0.15, 0.2) is 0 Å². The largest absolute Gasteiger partial charge is 0.393 e. The van der Waals surface area contributed by atoms with E-state index in [0.717, 1.165) is 12.8 Å². The van der Waals surface area contributed by atoms with E-state index < -0.39 is 59.5 Å². The van der Waals surface area contributed by atoms with Crippen LogP contribution in [-0.2, 0) is 0 Å². The van der Waals surface area contributed by atoms with Crippen LogP contribution in [0.3, 0.4) is 0 Å². The van der Waals surface area contributed by atoms with Crippen molar-refractivity contribution in [3.63, 3.8) is 0 Å². The second-order valence-electron chi connectivity index (χ2n) is 13.4. The fraction of sp³-hybridized carbons (Fsp3) is 1.00. The Labute approximate surface area is 204 Å². The Morgan fingerprint density at radius 2 is 1.47 bits per heavy atom. The van der Waals surface area contributed by atoms with Gasteiger partial charge in [-0.3, -0.25) is 0 Å². The number of aliphatic hydroxyl groups excluding tert-OH is 6. The predicted octanol–water partition coefficient (Wildman–Crippen LogP) is 1.44. The Bertz CT molecular complexity index is 746. The summed E-state index contributed by atoms with van der Waals surface area (Å²) in [6, 6.07) is 0. The summed E-state index contributed by atoms with van der Waals surface area (Å²) < 4.78 is 0. The molecule has 4 fully saturated rings. The maximum Gasteiger partial charge on any atom is 0.0857 e. The summed E-state index contributed by atoms with van der Waals surface area (Å²) in [5.74, 6) is -0.991. The van der Waals surface area contributed by atoms with Crippen LogP contribution >= 0.6 is 0 Å². The van der Waals surface area contributed by atoms with Gasteiger partial charge in [0.2, 0.25) is 0 Å². The van der Waals surface area contributed by atoms with Gasteiger partial charge in [0.1, 0.15) is 0 Å². The highest BCUT2D eigenvalue weighted by Gasteiger charge is 2.71. The molecule has 0 aromatic rings. The van der Waals surface area contributed by atoms with Gasteiger partial charge in [0.05, 0.1) is 42.2 Å². The zero-order valence-electron chi connectivity index (χ0n) is 21.5. The molecule has 0 aromatic carbocycles. The first-order valence-electron chi connectivity index (χ1n) is 13.5. The highest BCUT2D eigenvalue weighted by atomic mass is 16.3. The highest BCUT2D eigenvalue weighted by molar-refractivity contribution is 5.21. The van der Waals surface area contributed by atoms with Gasteiger partial charge in [0.15, 0.2) is 0 Å². The number of hydrogen-bond donors (Lipinski definition) is 7. The minimum atomic E-state index is -1.26. The van der Waals surface area contributed by atoms with E-state index in [-0.39, 0.29) is 35.5 Å². The summed E-state index contributed by atoms with van der Waals surface area (Å²) in [4.78, 5) is 0. The number of fused-ring (bicyclic) bond motifs is 5. The molecule has 0 amide bonds. The first-order valence-corrected chi connectivity index (χ1v) is 13.5. The summed E-state index contributed by atoms with van der Waals surface area (Å²) in [7, 11) is 0. The van der Waals surface area contributed by atoms with Crippen LogP contribution in [0.1, 0.15) is 79.6 Å². The lowest BCUT2D eigenvalue weighted by Crippen LogP contribution is -2.70. The Balaban J connectivity index is 1.62. The molecule has 4 rings (SSSR count). The number of hydrogen-bond acceptors (Lipinski definition) is 7. The molecule has 7 N–H and O–H groups in total. The summed E-state index contributed by atoms with van der Waals surface area (Å²) in [5.41, 5.74) is -2.14. The molecule has 34 heavy (non-hydrogen) atoms. The van der Waals surface area contributed by atoms with Crippen molar-refractivity contribution in [2.75, 3.05) is 0 Å². The zero-order chi connectivity index (χ0) is 25.4. The SMILES string of the molecule is CC(C)[C@H](O)[C@H](O)C[C@@H](C)[C@H]1C[C@@H](O)C2[C@]3(O)C[C@@H](O)C4[C@@H](O)[C@@H](O)CC[C@]4(C)C3CC[C@@]21C. The standard InChI is InChI=1S/C27H48O7/c1-13(2)22(32)17(29)10-14(3)15-11-18(30)24-25(15,4)9-7-20-26(5)8-6-16(28)23(33)21(26)19(31)12-27(20,24)34/h13-24,28-34H,6-12H2,1-5H3/t14-,15-,16+,17-,18-,19-,20?,21?,22+,23+,24?,25-,26-,27+/m1/s1. The summed E-state index contributed by atoms with van der Waals surface area (Å²) in [5, 5.41) is 76.9. The smallest absolute Gasteiger partial charge is 0.0857 e. The monoisotopic (exact) mass is 484 g/mol. The minimum Gasteiger partial charge on any atom is -0.393 e. The maximum atomic E-state index is 12.3. The lowest BCUT2D eigenvalue weighted by Gasteiger charge is -2.66. The van der Waals surface area contributed by atoms with E-state index in [4.69, 9.17) is 0 Å². The fourth-order valence-electron chi connectivity index (χ4n) is 9.65. The van der Waals surface area contributed by atoms with E-state index in [1.165, 1.54) is 0 Å². The van der Waals surface area contributed by atoms with E-state index in [0.29, 0.717) is 25.7 Å². The fourth-order valence-corrected chi connectivity index (χ4v) is 9.65. The van der Waals surface area contributed by atoms with Crippen molar-refractivity contribution in [1.29, 1.82) is 0 Å². The second-order valence-corrected chi connectivity index (χ2v) is 13.4. The number of aliphatic hydroxyl groups is 7. The lowest BCUT2D eigenvalue weighted by atomic mass is 9.41. The van der Waals surface area contributed by atoms with Crippen molar-refractivity contribution in [2.45, 2.75) is 122 Å². The van der Waals surface area contributed by atoms with Gasteiger partial charge in [-0.1, -0.05) is 34.6 Å². The molecule has 4 aliphatic rings. The van der Waals surface area contributed by atoms with E-state index >= 15 is 0 Å². The average Bonchev–Trinajstić information content (AvgIpc) is 3.01. The molecule has 7 heteroatoms. The van der Waals surface area contributed by atoms with Crippen molar-refractivity contribution in [2.24, 2.45) is 46.3 Å². The van der Waals surface area contributed by atoms with E-state index in [2.05, 4.69) is 13.8 Å². The third-order valence-electron chi connectivity index (χ3n) is 11.2. The molecule has 4 aliphatic carbocycles. The van der Waals surface area contributed by atoms with Crippen LogP contribution in [0, 0.1) is 46.3 Å². The van der Waals surface area contributed by atoms with Crippen molar-refractivity contribution in [1.82, 2.24) is 0 Å². The third kappa shape index (κ3) is 3.80. The summed E-state index contributed by atoms with van der Waals surface area (Å²) >= 11 is 0. The molecule has 7 nitrogen and oxygen atoms in total. The quantitative estimate of drug-likeness (QED) is 0.313. The molecule has 14 atom stereocenters. The van der Waals surface area contributed by atoms with Gasteiger partial charge in [0, 0.05) is 18.3 Å². The Morgan fingerprint density at radius 3 is 2.09 bits per heavy atom. The third-order valence-corrected chi connectivity index (χ3v) is 11.2. The van der Waals surface area contributed by atoms with Gasteiger partial charge in [-0.25, -0.2) is 0 Å². The maximum absolute atomic E-state index is 12.3. The second kappa shape index (κ2) is 8.93. The van der Waals surface area contributed by atoms with Gasteiger partial charge in [0.25, 0.3) is 0 Å². The van der Waals surface area contributed by atoms with Crippen LogP contribution in [0.4, 0.5) is 0 Å². The Hall–Kier alpha value is -0.280. The topological polar surface area (TPSA) is 142 Å². The lowest BCUT2D eigenvalue weighted by molar-refractivity contribution is -0.280. The van der Waals surface area contributed by atoms with Crippen LogP contribution in [0.2, 0.25) is 0 Å². The highest BCUT2D eigenvalue weighted by Crippen LogP contribution is 2.69. The van der Waals surface area contributed by atoms with Crippen LogP contribution in [0.25, 0.3) is 0 Å². The molecule has 0 spiro atoms. The van der Waals surface area contributed by atoms with Crippen molar-refractivity contribution in [3.8, 4) is 0 Å². The Morgan fingerprint density at radius 1 is 0.853 bits per heavy atom. The van der Waals surface area contributed by atoms with Crippen LogP contribution < -0.4 is 0 Å². The van der Waals surface area contributed by atoms with Crippen molar-refractivity contribution >= 4 is 0 Å². The minimum absolute atomic E-state index is 0.0439. The molecule has 0 bridgehead atoms. The van der Waals surface area contributed by atoms with Crippen LogP contribution in [0.5, 0.6) is 0 Å². The Kier molecular flexibility index (Phi) is 7.03. The summed E-state index contributed by atoms with van der Waals surface area (Å²) in [6.07, 6.45) is -1.50. The van der Waals surface area contributed by atoms with Gasteiger partial charge in [-0.05, 0) is 73.0 Å². The molecule has 0 saturated heterocycles. The average molecular weight is 485 g/mol. The van der Waals surface area contributed by atoms with Crippen molar-refractivity contribution in [3.05, 3.63) is 0 Å². The molecule has 0 aromatic heterocycles. The van der Waals surface area contributed by atoms with E-state index in [1.54, 1.807) is 0 Å². The zero-order valence-corrected chi connectivity index (χ0v) is 21.5.